The maximum absolute atomic E-state index is 10.0. The molecule has 1 saturated carbocycles. The third kappa shape index (κ3) is 3.12. The molecule has 1 aromatic rings. The van der Waals surface area contributed by atoms with Crippen molar-refractivity contribution in [3.8, 4) is 0 Å². The number of benzene rings is 1. The third-order valence-corrected chi connectivity index (χ3v) is 3.72. The molecule has 3 N–H and O–H groups in total. The van der Waals surface area contributed by atoms with Gasteiger partial charge in [0.2, 0.25) is 0 Å². The normalized spacial score (nSPS) is 19.1. The van der Waals surface area contributed by atoms with Gasteiger partial charge in [-0.15, -0.1) is 0 Å². The van der Waals surface area contributed by atoms with Crippen molar-refractivity contribution in [3.05, 3.63) is 33.8 Å². The molecule has 5 heteroatoms. The van der Waals surface area contributed by atoms with Crippen molar-refractivity contribution in [3.63, 3.8) is 0 Å². The van der Waals surface area contributed by atoms with Crippen LogP contribution in [0.25, 0.3) is 0 Å². The molecule has 1 unspecified atom stereocenters. The van der Waals surface area contributed by atoms with Crippen molar-refractivity contribution in [2.24, 2.45) is 0 Å². The Kier molecular flexibility index (Phi) is 3.95. The third-order valence-electron chi connectivity index (χ3n) is 3.14. The van der Waals surface area contributed by atoms with Crippen LogP contribution in [0, 0.1) is 0 Å². The predicted octanol–water partition coefficient (Wildman–Crippen LogP) is 2.14. The molecule has 2 rings (SSSR count). The summed E-state index contributed by atoms with van der Waals surface area (Å²) in [4.78, 5) is 0. The highest BCUT2D eigenvalue weighted by Crippen LogP contribution is 2.35. The predicted molar refractivity (Wildman–Crippen MR) is 68.5 cm³/mol. The standard InChI is InChI=1S/C12H15Cl2NO2/c13-8-1-2-10(14)9(5-8)11(17)6-15-12(7-16)3-4-12/h1-2,5,11,15-17H,3-4,6-7H2. The average Bonchev–Trinajstić information content (AvgIpc) is 3.10. The molecule has 94 valence electrons. The van der Waals surface area contributed by atoms with E-state index in [2.05, 4.69) is 5.32 Å². The molecular weight excluding hydrogens is 261 g/mol. The van der Waals surface area contributed by atoms with Crippen LogP contribution in [0.4, 0.5) is 0 Å². The smallest absolute Gasteiger partial charge is 0.0929 e. The number of nitrogens with one attached hydrogen (secondary N) is 1. The largest absolute Gasteiger partial charge is 0.394 e. The van der Waals surface area contributed by atoms with Crippen LogP contribution in [-0.2, 0) is 0 Å². The highest BCUT2D eigenvalue weighted by Gasteiger charge is 2.41. The first-order chi connectivity index (χ1) is 8.06. The Morgan fingerprint density at radius 1 is 1.35 bits per heavy atom. The van der Waals surface area contributed by atoms with Crippen molar-refractivity contribution in [1.82, 2.24) is 5.32 Å². The molecule has 0 aromatic heterocycles. The van der Waals surface area contributed by atoms with Crippen LogP contribution >= 0.6 is 23.2 Å². The molecule has 1 atom stereocenters. The van der Waals surface area contributed by atoms with Gasteiger partial charge in [-0.3, -0.25) is 0 Å². The fraction of sp³-hybridized carbons (Fsp3) is 0.500. The van der Waals surface area contributed by atoms with Crippen LogP contribution in [0.15, 0.2) is 18.2 Å². The van der Waals surface area contributed by atoms with E-state index in [1.807, 2.05) is 0 Å². The molecule has 1 aliphatic rings. The topological polar surface area (TPSA) is 52.5 Å². The first kappa shape index (κ1) is 13.1. The van der Waals surface area contributed by atoms with E-state index in [4.69, 9.17) is 28.3 Å². The van der Waals surface area contributed by atoms with Crippen molar-refractivity contribution in [1.29, 1.82) is 0 Å². The van der Waals surface area contributed by atoms with E-state index in [-0.39, 0.29) is 12.1 Å². The molecule has 0 heterocycles. The van der Waals surface area contributed by atoms with Crippen LogP contribution in [0.1, 0.15) is 24.5 Å². The number of hydrogen-bond donors (Lipinski definition) is 3. The lowest BCUT2D eigenvalue weighted by Gasteiger charge is -2.19. The van der Waals surface area contributed by atoms with Gasteiger partial charge in [0.1, 0.15) is 0 Å². The average molecular weight is 276 g/mol. The molecular formula is C12H15Cl2NO2. The van der Waals surface area contributed by atoms with Gasteiger partial charge in [0.05, 0.1) is 12.7 Å². The van der Waals surface area contributed by atoms with Gasteiger partial charge in [-0.25, -0.2) is 0 Å². The van der Waals surface area contributed by atoms with Gasteiger partial charge in [-0.1, -0.05) is 23.2 Å². The van der Waals surface area contributed by atoms with E-state index >= 15 is 0 Å². The second-order valence-electron chi connectivity index (χ2n) is 4.50. The summed E-state index contributed by atoms with van der Waals surface area (Å²) in [5.74, 6) is 0. The zero-order valence-electron chi connectivity index (χ0n) is 9.29. The van der Waals surface area contributed by atoms with Gasteiger partial charge in [-0.2, -0.15) is 0 Å². The second kappa shape index (κ2) is 5.12. The minimum Gasteiger partial charge on any atom is -0.394 e. The summed E-state index contributed by atoms with van der Waals surface area (Å²) >= 11 is 11.9. The molecule has 0 amide bonds. The van der Waals surface area contributed by atoms with Crippen LogP contribution in [0.2, 0.25) is 10.0 Å². The molecule has 1 aromatic carbocycles. The summed E-state index contributed by atoms with van der Waals surface area (Å²) in [7, 11) is 0. The number of hydrogen-bond acceptors (Lipinski definition) is 3. The molecule has 17 heavy (non-hydrogen) atoms. The maximum atomic E-state index is 10.0. The van der Waals surface area contributed by atoms with Crippen LogP contribution in [0.3, 0.4) is 0 Å². The lowest BCUT2D eigenvalue weighted by atomic mass is 10.1. The first-order valence-corrected chi connectivity index (χ1v) is 6.31. The van der Waals surface area contributed by atoms with E-state index in [1.54, 1.807) is 18.2 Å². The van der Waals surface area contributed by atoms with Gasteiger partial charge < -0.3 is 15.5 Å². The van der Waals surface area contributed by atoms with E-state index in [9.17, 15) is 5.11 Å². The first-order valence-electron chi connectivity index (χ1n) is 5.55. The quantitative estimate of drug-likeness (QED) is 0.772. The van der Waals surface area contributed by atoms with Crippen molar-refractivity contribution >= 4 is 23.2 Å². The van der Waals surface area contributed by atoms with E-state index < -0.39 is 6.10 Å². The minimum atomic E-state index is -0.717. The Balaban J connectivity index is 1.99. The highest BCUT2D eigenvalue weighted by atomic mass is 35.5. The van der Waals surface area contributed by atoms with Gasteiger partial charge in [0.15, 0.2) is 0 Å². The number of rotatable bonds is 5. The van der Waals surface area contributed by atoms with Crippen molar-refractivity contribution in [2.75, 3.05) is 13.2 Å². The van der Waals surface area contributed by atoms with Gasteiger partial charge in [-0.05, 0) is 31.0 Å². The summed E-state index contributed by atoms with van der Waals surface area (Å²) in [6, 6.07) is 5.01. The lowest BCUT2D eigenvalue weighted by Crippen LogP contribution is -2.37. The van der Waals surface area contributed by atoms with E-state index in [0.29, 0.717) is 22.2 Å². The Hall–Kier alpha value is -0.320. The van der Waals surface area contributed by atoms with E-state index in [0.717, 1.165) is 12.8 Å². The Bertz CT molecular complexity index is 407. The van der Waals surface area contributed by atoms with Crippen LogP contribution in [-0.4, -0.2) is 28.9 Å². The Morgan fingerprint density at radius 3 is 2.65 bits per heavy atom. The molecule has 0 spiro atoms. The Morgan fingerprint density at radius 2 is 2.06 bits per heavy atom. The number of halogens is 2. The summed E-state index contributed by atoms with van der Waals surface area (Å²) in [5.41, 5.74) is 0.423. The molecule has 3 nitrogen and oxygen atoms in total. The molecule has 0 saturated heterocycles. The van der Waals surface area contributed by atoms with Gasteiger partial charge in [0, 0.05) is 27.7 Å². The lowest BCUT2D eigenvalue weighted by molar-refractivity contribution is 0.154. The monoisotopic (exact) mass is 275 g/mol. The highest BCUT2D eigenvalue weighted by molar-refractivity contribution is 6.33. The summed E-state index contributed by atoms with van der Waals surface area (Å²) in [6.07, 6.45) is 1.17. The zero-order valence-corrected chi connectivity index (χ0v) is 10.8. The second-order valence-corrected chi connectivity index (χ2v) is 5.34. The summed E-state index contributed by atoms with van der Waals surface area (Å²) in [6.45, 7) is 0.462. The fourth-order valence-electron chi connectivity index (χ4n) is 1.73. The maximum Gasteiger partial charge on any atom is 0.0929 e. The fourth-order valence-corrected chi connectivity index (χ4v) is 2.16. The molecule has 0 aliphatic heterocycles. The SMILES string of the molecule is OCC1(NCC(O)c2cc(Cl)ccc2Cl)CC1. The molecule has 1 aliphatic carbocycles. The summed E-state index contributed by atoms with van der Waals surface area (Å²) in [5, 5.41) is 23.4. The van der Waals surface area contributed by atoms with Gasteiger partial charge >= 0.3 is 0 Å². The number of aliphatic hydroxyl groups excluding tert-OH is 2. The number of aliphatic hydroxyl groups is 2. The van der Waals surface area contributed by atoms with E-state index in [1.165, 1.54) is 0 Å². The molecule has 0 bridgehead atoms. The minimum absolute atomic E-state index is 0.100. The molecule has 1 fully saturated rings. The van der Waals surface area contributed by atoms with Gasteiger partial charge in [0.25, 0.3) is 0 Å². The number of β-amino-alcohol motifs (C(OH)–C–C–N with tert-alkyl or cyclic N) is 1. The Labute approximate surface area is 110 Å². The van der Waals surface area contributed by atoms with Crippen molar-refractivity contribution < 1.29 is 10.2 Å². The van der Waals surface area contributed by atoms with Crippen molar-refractivity contribution in [2.45, 2.75) is 24.5 Å². The van der Waals surface area contributed by atoms with Crippen LogP contribution in [0.5, 0.6) is 0 Å². The zero-order chi connectivity index (χ0) is 12.5. The molecule has 0 radical (unpaired) electrons. The van der Waals surface area contributed by atoms with Crippen LogP contribution < -0.4 is 5.32 Å². The summed E-state index contributed by atoms with van der Waals surface area (Å²) < 4.78 is 0.